The lowest BCUT2D eigenvalue weighted by Crippen LogP contribution is -2.37. The first-order valence-corrected chi connectivity index (χ1v) is 9.83. The smallest absolute Gasteiger partial charge is 0.248 e. The Bertz CT molecular complexity index is 1070. The molecule has 0 bridgehead atoms. The molecule has 31 heavy (non-hydrogen) atoms. The van der Waals surface area contributed by atoms with Gasteiger partial charge in [-0.15, -0.1) is 0 Å². The van der Waals surface area contributed by atoms with E-state index in [1.807, 2.05) is 0 Å². The van der Waals surface area contributed by atoms with Crippen molar-refractivity contribution in [2.45, 2.75) is 0 Å². The summed E-state index contributed by atoms with van der Waals surface area (Å²) in [4.78, 5) is 22.8. The van der Waals surface area contributed by atoms with Gasteiger partial charge in [0.05, 0.1) is 25.1 Å². The summed E-state index contributed by atoms with van der Waals surface area (Å²) >= 11 is 0. The molecule has 1 aromatic carbocycles. The summed E-state index contributed by atoms with van der Waals surface area (Å²) in [5, 5.41) is 2.84. The van der Waals surface area contributed by atoms with E-state index in [1.54, 1.807) is 42.7 Å². The standard InChI is InChI=1S/C23H21FN4O3/c24-19-15-17(5-7-21(19)31-18-3-1-9-25-16-18)6-8-22(29)27-20-4-2-10-26-23(20)28-11-13-30-14-12-28/h1-10,15-16H,11-14H2,(H,27,29)/b8-6+. The van der Waals surface area contributed by atoms with Crippen LogP contribution in [-0.4, -0.2) is 42.2 Å². The Balaban J connectivity index is 1.41. The molecule has 0 radical (unpaired) electrons. The van der Waals surface area contributed by atoms with Gasteiger partial charge in [0.15, 0.2) is 17.4 Å². The third kappa shape index (κ3) is 5.43. The Labute approximate surface area is 179 Å². The molecule has 2 aromatic heterocycles. The zero-order valence-corrected chi connectivity index (χ0v) is 16.7. The van der Waals surface area contributed by atoms with Crippen LogP contribution in [-0.2, 0) is 9.53 Å². The molecule has 0 saturated carbocycles. The molecule has 1 amide bonds. The summed E-state index contributed by atoms with van der Waals surface area (Å²) in [6.45, 7) is 2.66. The molecule has 158 valence electrons. The van der Waals surface area contributed by atoms with Crippen LogP contribution in [0, 0.1) is 5.82 Å². The van der Waals surface area contributed by atoms with Crippen molar-refractivity contribution in [3.8, 4) is 11.5 Å². The Morgan fingerprint density at radius 1 is 1.16 bits per heavy atom. The number of halogens is 1. The molecule has 1 aliphatic rings. The minimum Gasteiger partial charge on any atom is -0.453 e. The second-order valence-electron chi connectivity index (χ2n) is 6.78. The number of nitrogens with one attached hydrogen (secondary N) is 1. The van der Waals surface area contributed by atoms with E-state index in [-0.39, 0.29) is 11.7 Å². The number of morpholine rings is 1. The fourth-order valence-electron chi connectivity index (χ4n) is 3.11. The van der Waals surface area contributed by atoms with E-state index in [9.17, 15) is 9.18 Å². The van der Waals surface area contributed by atoms with E-state index in [0.29, 0.717) is 49.1 Å². The van der Waals surface area contributed by atoms with Crippen molar-refractivity contribution in [1.29, 1.82) is 0 Å². The van der Waals surface area contributed by atoms with Gasteiger partial charge in [-0.3, -0.25) is 9.78 Å². The van der Waals surface area contributed by atoms with Gasteiger partial charge >= 0.3 is 0 Å². The normalized spacial score (nSPS) is 13.9. The average Bonchev–Trinajstić information content (AvgIpc) is 2.81. The van der Waals surface area contributed by atoms with Crippen molar-refractivity contribution < 1.29 is 18.7 Å². The molecular formula is C23H21FN4O3. The zero-order chi connectivity index (χ0) is 21.5. The predicted octanol–water partition coefficient (Wildman–Crippen LogP) is 3.90. The molecule has 0 spiro atoms. The highest BCUT2D eigenvalue weighted by Gasteiger charge is 2.16. The second kappa shape index (κ2) is 9.82. The van der Waals surface area contributed by atoms with Crippen molar-refractivity contribution in [3.05, 3.63) is 78.5 Å². The first-order valence-electron chi connectivity index (χ1n) is 9.83. The molecule has 3 heterocycles. The van der Waals surface area contributed by atoms with Crippen LogP contribution in [0.1, 0.15) is 5.56 Å². The number of hydrogen-bond donors (Lipinski definition) is 1. The number of carbonyl (C=O) groups excluding carboxylic acids is 1. The zero-order valence-electron chi connectivity index (χ0n) is 16.7. The Hall–Kier alpha value is -3.78. The van der Waals surface area contributed by atoms with Crippen LogP contribution in [0.2, 0.25) is 0 Å². The minimum absolute atomic E-state index is 0.0834. The van der Waals surface area contributed by atoms with Crippen LogP contribution in [0.3, 0.4) is 0 Å². The van der Waals surface area contributed by atoms with Gasteiger partial charge in [-0.1, -0.05) is 6.07 Å². The van der Waals surface area contributed by atoms with Gasteiger partial charge in [-0.2, -0.15) is 0 Å². The molecule has 7 nitrogen and oxygen atoms in total. The number of benzene rings is 1. The van der Waals surface area contributed by atoms with Crippen molar-refractivity contribution >= 4 is 23.5 Å². The summed E-state index contributed by atoms with van der Waals surface area (Å²) < 4.78 is 25.2. The number of rotatable bonds is 6. The molecule has 8 heteroatoms. The van der Waals surface area contributed by atoms with E-state index in [1.165, 1.54) is 30.5 Å². The molecule has 0 atom stereocenters. The summed E-state index contributed by atoms with van der Waals surface area (Å²) in [6, 6.07) is 11.4. The van der Waals surface area contributed by atoms with Crippen LogP contribution in [0.15, 0.2) is 67.1 Å². The first kappa shape index (κ1) is 20.5. The molecule has 0 unspecified atom stereocenters. The van der Waals surface area contributed by atoms with Gasteiger partial charge < -0.3 is 19.7 Å². The monoisotopic (exact) mass is 420 g/mol. The van der Waals surface area contributed by atoms with Crippen LogP contribution in [0.25, 0.3) is 6.08 Å². The van der Waals surface area contributed by atoms with E-state index in [0.717, 1.165) is 0 Å². The third-order valence-corrected chi connectivity index (χ3v) is 4.60. The number of amides is 1. The maximum absolute atomic E-state index is 14.4. The van der Waals surface area contributed by atoms with Crippen molar-refractivity contribution in [1.82, 2.24) is 9.97 Å². The fourth-order valence-corrected chi connectivity index (χ4v) is 3.11. The quantitative estimate of drug-likeness (QED) is 0.610. The van der Waals surface area contributed by atoms with Crippen LogP contribution < -0.4 is 15.0 Å². The number of pyridine rings is 2. The fraction of sp³-hybridized carbons (Fsp3) is 0.174. The summed E-state index contributed by atoms with van der Waals surface area (Å²) in [5.74, 6) is 0.360. The SMILES string of the molecule is O=C(/C=C/c1ccc(Oc2cccnc2)c(F)c1)Nc1cccnc1N1CCOCC1. The minimum atomic E-state index is -0.534. The topological polar surface area (TPSA) is 76.6 Å². The lowest BCUT2D eigenvalue weighted by atomic mass is 10.2. The van der Waals surface area contributed by atoms with Crippen LogP contribution in [0.5, 0.6) is 11.5 Å². The highest BCUT2D eigenvalue weighted by atomic mass is 19.1. The second-order valence-corrected chi connectivity index (χ2v) is 6.78. The number of aromatic nitrogens is 2. The molecule has 3 aromatic rings. The summed E-state index contributed by atoms with van der Waals surface area (Å²) in [7, 11) is 0. The number of anilines is 2. The molecule has 0 aliphatic carbocycles. The third-order valence-electron chi connectivity index (χ3n) is 4.60. The van der Waals surface area contributed by atoms with Gasteiger partial charge in [0.2, 0.25) is 5.91 Å². The van der Waals surface area contributed by atoms with Crippen molar-refractivity contribution in [3.63, 3.8) is 0 Å². The average molecular weight is 420 g/mol. The van der Waals surface area contributed by atoms with Crippen molar-refractivity contribution in [2.24, 2.45) is 0 Å². The van der Waals surface area contributed by atoms with Gasteiger partial charge in [-0.05, 0) is 48.0 Å². The molecular weight excluding hydrogens is 399 g/mol. The van der Waals surface area contributed by atoms with Gasteiger partial charge in [0.1, 0.15) is 5.75 Å². The van der Waals surface area contributed by atoms with E-state index in [2.05, 4.69) is 20.2 Å². The lowest BCUT2D eigenvalue weighted by Gasteiger charge is -2.29. The summed E-state index contributed by atoms with van der Waals surface area (Å²) in [6.07, 6.45) is 7.69. The molecule has 1 fully saturated rings. The van der Waals surface area contributed by atoms with Crippen LogP contribution in [0.4, 0.5) is 15.9 Å². The highest BCUT2D eigenvalue weighted by Crippen LogP contribution is 2.25. The van der Waals surface area contributed by atoms with Gasteiger partial charge in [0, 0.05) is 31.6 Å². The molecule has 1 N–H and O–H groups in total. The number of hydrogen-bond acceptors (Lipinski definition) is 6. The summed E-state index contributed by atoms with van der Waals surface area (Å²) in [5.41, 5.74) is 1.15. The molecule has 4 rings (SSSR count). The number of nitrogens with zero attached hydrogens (tertiary/aromatic N) is 3. The van der Waals surface area contributed by atoms with Crippen molar-refractivity contribution in [2.75, 3.05) is 36.5 Å². The van der Waals surface area contributed by atoms with Gasteiger partial charge in [-0.25, -0.2) is 9.37 Å². The Morgan fingerprint density at radius 3 is 2.77 bits per heavy atom. The van der Waals surface area contributed by atoms with Gasteiger partial charge in [0.25, 0.3) is 0 Å². The number of carbonyl (C=O) groups is 1. The largest absolute Gasteiger partial charge is 0.453 e. The molecule has 1 aliphatic heterocycles. The highest BCUT2D eigenvalue weighted by molar-refractivity contribution is 6.03. The van der Waals surface area contributed by atoms with E-state index >= 15 is 0 Å². The maximum Gasteiger partial charge on any atom is 0.248 e. The predicted molar refractivity (Wildman–Crippen MR) is 116 cm³/mol. The van der Waals surface area contributed by atoms with E-state index in [4.69, 9.17) is 9.47 Å². The molecule has 1 saturated heterocycles. The number of ether oxygens (including phenoxy) is 2. The maximum atomic E-state index is 14.4. The Morgan fingerprint density at radius 2 is 2.00 bits per heavy atom. The first-order chi connectivity index (χ1) is 15.2. The lowest BCUT2D eigenvalue weighted by molar-refractivity contribution is -0.111. The van der Waals surface area contributed by atoms with Crippen LogP contribution >= 0.6 is 0 Å². The van der Waals surface area contributed by atoms with E-state index < -0.39 is 5.82 Å². The Kier molecular flexibility index (Phi) is 6.49.